The van der Waals surface area contributed by atoms with Gasteiger partial charge in [0.05, 0.1) is 11.3 Å². The Morgan fingerprint density at radius 2 is 2.10 bits per heavy atom. The lowest BCUT2D eigenvalue weighted by molar-refractivity contribution is -0.139. The number of carbonyl (C=O) groups is 2. The van der Waals surface area contributed by atoms with E-state index >= 15 is 0 Å². The summed E-state index contributed by atoms with van der Waals surface area (Å²) in [5, 5.41) is 15.2. The lowest BCUT2D eigenvalue weighted by atomic mass is 9.88. The standard InChI is InChI=1S/C15H20N2O3/c1-15(7-8-16-10-15)14(20)17-9-12(13(18)19)11-5-3-2-4-6-11/h2-6,12,16H,7-10H2,1H3,(H,17,20)(H,18,19). The van der Waals surface area contributed by atoms with Gasteiger partial charge in [0.1, 0.15) is 0 Å². The molecule has 1 aliphatic rings. The third kappa shape index (κ3) is 3.17. The Hall–Kier alpha value is -1.88. The van der Waals surface area contributed by atoms with Crippen LogP contribution in [-0.4, -0.2) is 36.6 Å². The van der Waals surface area contributed by atoms with Crippen molar-refractivity contribution >= 4 is 11.9 Å². The summed E-state index contributed by atoms with van der Waals surface area (Å²) < 4.78 is 0. The van der Waals surface area contributed by atoms with E-state index in [-0.39, 0.29) is 12.5 Å². The fraction of sp³-hybridized carbons (Fsp3) is 0.467. The van der Waals surface area contributed by atoms with Crippen LogP contribution in [0.25, 0.3) is 0 Å². The number of benzene rings is 1. The van der Waals surface area contributed by atoms with Crippen molar-refractivity contribution in [2.45, 2.75) is 19.3 Å². The minimum atomic E-state index is -0.925. The average molecular weight is 276 g/mol. The van der Waals surface area contributed by atoms with Crippen molar-refractivity contribution in [1.29, 1.82) is 0 Å². The number of aliphatic carboxylic acids is 1. The molecule has 1 aromatic rings. The quantitative estimate of drug-likeness (QED) is 0.749. The first-order valence-electron chi connectivity index (χ1n) is 6.80. The van der Waals surface area contributed by atoms with E-state index in [9.17, 15) is 14.7 Å². The highest BCUT2D eigenvalue weighted by molar-refractivity contribution is 5.84. The number of carboxylic acids is 1. The van der Waals surface area contributed by atoms with Crippen molar-refractivity contribution in [2.24, 2.45) is 5.41 Å². The van der Waals surface area contributed by atoms with Crippen LogP contribution in [0.2, 0.25) is 0 Å². The first kappa shape index (κ1) is 14.5. The van der Waals surface area contributed by atoms with Crippen molar-refractivity contribution in [3.05, 3.63) is 35.9 Å². The number of carbonyl (C=O) groups excluding carboxylic acids is 1. The van der Waals surface area contributed by atoms with E-state index in [1.807, 2.05) is 13.0 Å². The van der Waals surface area contributed by atoms with E-state index in [1.165, 1.54) is 0 Å². The molecular formula is C15H20N2O3. The van der Waals surface area contributed by atoms with Gasteiger partial charge in [-0.15, -0.1) is 0 Å². The fourth-order valence-corrected chi connectivity index (χ4v) is 2.45. The van der Waals surface area contributed by atoms with Crippen LogP contribution >= 0.6 is 0 Å². The van der Waals surface area contributed by atoms with Gasteiger partial charge in [-0.3, -0.25) is 9.59 Å². The highest BCUT2D eigenvalue weighted by atomic mass is 16.4. The van der Waals surface area contributed by atoms with Gasteiger partial charge in [0.25, 0.3) is 0 Å². The molecule has 0 radical (unpaired) electrons. The molecule has 2 atom stereocenters. The number of hydrogen-bond donors (Lipinski definition) is 3. The summed E-state index contributed by atoms with van der Waals surface area (Å²) in [6, 6.07) is 8.98. The Kier molecular flexibility index (Phi) is 4.39. The zero-order chi connectivity index (χ0) is 14.6. The van der Waals surface area contributed by atoms with Crippen LogP contribution in [0.4, 0.5) is 0 Å². The van der Waals surface area contributed by atoms with Gasteiger partial charge in [0, 0.05) is 13.1 Å². The second-order valence-corrected chi connectivity index (χ2v) is 5.50. The molecule has 1 aliphatic heterocycles. The molecule has 5 heteroatoms. The lowest BCUT2D eigenvalue weighted by Gasteiger charge is -2.23. The van der Waals surface area contributed by atoms with Crippen LogP contribution in [0.15, 0.2) is 30.3 Å². The lowest BCUT2D eigenvalue weighted by Crippen LogP contribution is -2.42. The molecule has 5 nitrogen and oxygen atoms in total. The molecule has 0 aromatic heterocycles. The zero-order valence-corrected chi connectivity index (χ0v) is 11.6. The molecule has 20 heavy (non-hydrogen) atoms. The SMILES string of the molecule is CC1(C(=O)NCC(C(=O)O)c2ccccc2)CCNC1. The predicted octanol–water partition coefficient (Wildman–Crippen LogP) is 0.971. The number of hydrogen-bond acceptors (Lipinski definition) is 3. The second-order valence-electron chi connectivity index (χ2n) is 5.50. The summed E-state index contributed by atoms with van der Waals surface area (Å²) >= 11 is 0. The highest BCUT2D eigenvalue weighted by Crippen LogP contribution is 2.25. The smallest absolute Gasteiger partial charge is 0.312 e. The van der Waals surface area contributed by atoms with Gasteiger partial charge >= 0.3 is 5.97 Å². The van der Waals surface area contributed by atoms with Gasteiger partial charge in [-0.2, -0.15) is 0 Å². The van der Waals surface area contributed by atoms with Crippen LogP contribution < -0.4 is 10.6 Å². The van der Waals surface area contributed by atoms with Gasteiger partial charge in [0.15, 0.2) is 0 Å². The first-order valence-corrected chi connectivity index (χ1v) is 6.80. The molecule has 2 rings (SSSR count). The maximum absolute atomic E-state index is 12.2. The van der Waals surface area contributed by atoms with E-state index in [1.54, 1.807) is 24.3 Å². The van der Waals surface area contributed by atoms with Gasteiger partial charge in [-0.05, 0) is 25.5 Å². The summed E-state index contributed by atoms with van der Waals surface area (Å²) in [4.78, 5) is 23.5. The summed E-state index contributed by atoms with van der Waals surface area (Å²) in [5.41, 5.74) is 0.273. The van der Waals surface area contributed by atoms with Crippen molar-refractivity contribution in [2.75, 3.05) is 19.6 Å². The second kappa shape index (κ2) is 6.05. The van der Waals surface area contributed by atoms with Gasteiger partial charge in [-0.25, -0.2) is 0 Å². The molecule has 1 amide bonds. The fourth-order valence-electron chi connectivity index (χ4n) is 2.45. The molecule has 0 saturated carbocycles. The van der Waals surface area contributed by atoms with E-state index in [2.05, 4.69) is 10.6 Å². The Labute approximate surface area is 118 Å². The van der Waals surface area contributed by atoms with Crippen LogP contribution in [-0.2, 0) is 9.59 Å². The normalized spacial score (nSPS) is 23.2. The van der Waals surface area contributed by atoms with Crippen molar-refractivity contribution in [3.8, 4) is 0 Å². The van der Waals surface area contributed by atoms with E-state index in [4.69, 9.17) is 0 Å². The van der Waals surface area contributed by atoms with E-state index in [0.717, 1.165) is 13.0 Å². The molecule has 1 aromatic carbocycles. The molecule has 2 unspecified atom stereocenters. The third-order valence-electron chi connectivity index (χ3n) is 3.88. The summed E-state index contributed by atoms with van der Waals surface area (Å²) in [6.45, 7) is 3.49. The number of amides is 1. The zero-order valence-electron chi connectivity index (χ0n) is 11.6. The molecule has 0 spiro atoms. The Morgan fingerprint density at radius 3 is 2.65 bits per heavy atom. The number of carboxylic acid groups (broad SMARTS) is 1. The van der Waals surface area contributed by atoms with Gasteiger partial charge in [-0.1, -0.05) is 30.3 Å². The topological polar surface area (TPSA) is 78.4 Å². The van der Waals surface area contributed by atoms with Crippen molar-refractivity contribution in [3.63, 3.8) is 0 Å². The molecule has 1 fully saturated rings. The average Bonchev–Trinajstić information content (AvgIpc) is 2.88. The van der Waals surface area contributed by atoms with Crippen molar-refractivity contribution < 1.29 is 14.7 Å². The molecule has 1 saturated heterocycles. The first-order chi connectivity index (χ1) is 9.53. The Balaban J connectivity index is 2.00. The van der Waals surface area contributed by atoms with Crippen LogP contribution in [0, 0.1) is 5.41 Å². The monoisotopic (exact) mass is 276 g/mol. The van der Waals surface area contributed by atoms with E-state index in [0.29, 0.717) is 12.1 Å². The maximum atomic E-state index is 12.2. The summed E-state index contributed by atoms with van der Waals surface area (Å²) in [6.07, 6.45) is 0.780. The molecule has 3 N–H and O–H groups in total. The van der Waals surface area contributed by atoms with Crippen LogP contribution in [0.1, 0.15) is 24.8 Å². The maximum Gasteiger partial charge on any atom is 0.312 e. The third-order valence-corrected chi connectivity index (χ3v) is 3.88. The van der Waals surface area contributed by atoms with Crippen LogP contribution in [0.5, 0.6) is 0 Å². The predicted molar refractivity (Wildman–Crippen MR) is 75.4 cm³/mol. The number of rotatable bonds is 5. The van der Waals surface area contributed by atoms with Crippen molar-refractivity contribution in [1.82, 2.24) is 10.6 Å². The molecule has 0 bridgehead atoms. The van der Waals surface area contributed by atoms with Gasteiger partial charge in [0.2, 0.25) is 5.91 Å². The Morgan fingerprint density at radius 1 is 1.40 bits per heavy atom. The summed E-state index contributed by atoms with van der Waals surface area (Å²) in [5.74, 6) is -1.71. The summed E-state index contributed by atoms with van der Waals surface area (Å²) in [7, 11) is 0. The Bertz CT molecular complexity index is 481. The van der Waals surface area contributed by atoms with Crippen LogP contribution in [0.3, 0.4) is 0 Å². The molecule has 1 heterocycles. The molecule has 108 valence electrons. The minimum Gasteiger partial charge on any atom is -0.481 e. The van der Waals surface area contributed by atoms with Gasteiger partial charge < -0.3 is 15.7 Å². The van der Waals surface area contributed by atoms with E-state index < -0.39 is 17.3 Å². The molecule has 0 aliphatic carbocycles. The largest absolute Gasteiger partial charge is 0.481 e. The molecular weight excluding hydrogens is 256 g/mol. The minimum absolute atomic E-state index is 0.0790. The number of nitrogens with one attached hydrogen (secondary N) is 2. The highest BCUT2D eigenvalue weighted by Gasteiger charge is 2.36.